The van der Waals surface area contributed by atoms with Crippen LogP contribution in [0.5, 0.6) is 0 Å². The summed E-state index contributed by atoms with van der Waals surface area (Å²) in [6.07, 6.45) is 43.2. The van der Waals surface area contributed by atoms with E-state index in [0.717, 1.165) is 67.7 Å². The molecule has 0 saturated carbocycles. The number of hydrogen-bond donors (Lipinski definition) is 0. The summed E-state index contributed by atoms with van der Waals surface area (Å²) < 4.78 is 0. The molecule has 0 unspecified atom stereocenters. The highest BCUT2D eigenvalue weighted by Gasteiger charge is 2.12. The Morgan fingerprint density at radius 1 is 0.362 bits per heavy atom. The first kappa shape index (κ1) is 51.5. The molecule has 0 aliphatic heterocycles. The number of aryl methyl sites for hydroxylation is 4. The molecule has 2 heteroatoms. The predicted octanol–water partition coefficient (Wildman–Crippen LogP) is 18.5. The zero-order valence-corrected chi connectivity index (χ0v) is 39.4. The number of benzene rings is 2. The highest BCUT2D eigenvalue weighted by atomic mass is 14.8. The molecule has 0 atom stereocenters. The van der Waals surface area contributed by atoms with Crippen LogP contribution in [0, 0.1) is 11.8 Å². The van der Waals surface area contributed by atoms with E-state index in [2.05, 4.69) is 89.8 Å². The topological polar surface area (TPSA) is 24.7 Å². The van der Waals surface area contributed by atoms with Gasteiger partial charge in [-0.25, -0.2) is 4.99 Å². The van der Waals surface area contributed by atoms with Gasteiger partial charge in [-0.2, -0.15) is 0 Å². The Bertz CT molecular complexity index is 1370. The van der Waals surface area contributed by atoms with Crippen LogP contribution in [0.1, 0.15) is 256 Å². The smallest absolute Gasteiger partial charge is 0.135 e. The van der Waals surface area contributed by atoms with Crippen molar-refractivity contribution in [3.05, 3.63) is 58.7 Å². The van der Waals surface area contributed by atoms with Gasteiger partial charge in [0.25, 0.3) is 0 Å². The molecular formula is C56H92N2. The van der Waals surface area contributed by atoms with Crippen molar-refractivity contribution in [2.75, 3.05) is 0 Å². The molecule has 2 rings (SSSR count). The van der Waals surface area contributed by atoms with Gasteiger partial charge < -0.3 is 0 Å². The van der Waals surface area contributed by atoms with Crippen molar-refractivity contribution < 1.29 is 0 Å². The second-order valence-electron chi connectivity index (χ2n) is 17.6. The van der Waals surface area contributed by atoms with Crippen LogP contribution in [-0.4, -0.2) is 11.4 Å². The van der Waals surface area contributed by atoms with Crippen LogP contribution in [0.4, 0.5) is 11.4 Å². The highest BCUT2D eigenvalue weighted by Crippen LogP contribution is 2.25. The van der Waals surface area contributed by atoms with Gasteiger partial charge >= 0.3 is 0 Å². The number of aliphatic imine (C=N–C) groups is 2. The van der Waals surface area contributed by atoms with Crippen molar-refractivity contribution in [1.29, 1.82) is 0 Å². The van der Waals surface area contributed by atoms with E-state index < -0.39 is 0 Å². The molecule has 0 aromatic heterocycles. The molecule has 2 aromatic carbocycles. The first-order valence-corrected chi connectivity index (χ1v) is 25.5. The Kier molecular flexibility index (Phi) is 32.1. The van der Waals surface area contributed by atoms with Gasteiger partial charge in [-0.05, 0) is 123 Å². The molecule has 0 heterocycles. The predicted molar refractivity (Wildman–Crippen MR) is 262 cm³/mol. The van der Waals surface area contributed by atoms with Crippen LogP contribution in [0.25, 0.3) is 0 Å². The van der Waals surface area contributed by atoms with Crippen LogP contribution < -0.4 is 0 Å². The standard InChI is InChI=1S/C56H92N2/c1-7-13-19-21-22-23-24-25-26-27-28-29-30-31-32-33-34-36-42-56(58-54-47-51(39-17-11-5)44-52(48-54)40-18-12-6)55(41-35-20-14-8-2)57-53-45-49(37-15-9-3)43-50(46-53)38-16-10-4/h43-48H,7-35,37-41H2,1-6H3. The number of rotatable bonds is 36. The fourth-order valence-corrected chi connectivity index (χ4v) is 8.02. The van der Waals surface area contributed by atoms with E-state index in [1.807, 2.05) is 0 Å². The van der Waals surface area contributed by atoms with Gasteiger partial charge in [-0.15, -0.1) is 0 Å². The highest BCUT2D eigenvalue weighted by molar-refractivity contribution is 6.49. The summed E-state index contributed by atoms with van der Waals surface area (Å²) in [5.74, 6) is 7.31. The third kappa shape index (κ3) is 25.7. The zero-order valence-electron chi connectivity index (χ0n) is 39.4. The van der Waals surface area contributed by atoms with Crippen LogP contribution in [0.3, 0.4) is 0 Å². The fraction of sp³-hybridized carbons (Fsp3) is 0.714. The van der Waals surface area contributed by atoms with Gasteiger partial charge in [-0.3, -0.25) is 4.99 Å². The van der Waals surface area contributed by atoms with E-state index in [0.29, 0.717) is 0 Å². The molecule has 0 aliphatic rings. The molecule has 2 nitrogen and oxygen atoms in total. The monoisotopic (exact) mass is 793 g/mol. The molecule has 0 bridgehead atoms. The lowest BCUT2D eigenvalue weighted by molar-refractivity contribution is 0.530. The lowest BCUT2D eigenvalue weighted by Crippen LogP contribution is -2.12. The van der Waals surface area contributed by atoms with Crippen molar-refractivity contribution in [3.63, 3.8) is 0 Å². The summed E-state index contributed by atoms with van der Waals surface area (Å²) in [6.45, 7) is 13.8. The van der Waals surface area contributed by atoms with Crippen molar-refractivity contribution in [2.24, 2.45) is 9.98 Å². The fourth-order valence-electron chi connectivity index (χ4n) is 8.02. The lowest BCUT2D eigenvalue weighted by Gasteiger charge is -2.11. The van der Waals surface area contributed by atoms with E-state index in [9.17, 15) is 0 Å². The maximum absolute atomic E-state index is 5.52. The molecular weight excluding hydrogens is 701 g/mol. The van der Waals surface area contributed by atoms with Crippen LogP contribution in [-0.2, 0) is 25.7 Å². The van der Waals surface area contributed by atoms with Crippen LogP contribution in [0.15, 0.2) is 46.4 Å². The Morgan fingerprint density at radius 3 is 1.07 bits per heavy atom. The Labute approximate surface area is 361 Å². The average Bonchev–Trinajstić information content (AvgIpc) is 3.23. The third-order valence-corrected chi connectivity index (χ3v) is 11.8. The summed E-state index contributed by atoms with van der Waals surface area (Å²) in [5, 5.41) is 0. The van der Waals surface area contributed by atoms with E-state index in [1.165, 1.54) is 196 Å². The minimum Gasteiger partial charge on any atom is -0.250 e. The van der Waals surface area contributed by atoms with Crippen LogP contribution in [0.2, 0.25) is 0 Å². The number of nitrogens with zero attached hydrogens (tertiary/aromatic N) is 2. The number of hydrogen-bond acceptors (Lipinski definition) is 2. The van der Waals surface area contributed by atoms with Crippen molar-refractivity contribution in [1.82, 2.24) is 0 Å². The molecule has 0 spiro atoms. The van der Waals surface area contributed by atoms with E-state index in [1.54, 1.807) is 0 Å². The van der Waals surface area contributed by atoms with Crippen molar-refractivity contribution >= 4 is 22.8 Å². The maximum atomic E-state index is 5.52. The minimum atomic E-state index is 0.899. The SMILES string of the molecule is CCCCCCCCCCCCCCCCCCC#CC(=Nc1cc(CCCC)cc(CCCC)c1)C(CCCCCC)=Nc1cc(CCCC)cc(CCCC)c1. The van der Waals surface area contributed by atoms with Gasteiger partial charge in [0.15, 0.2) is 0 Å². The quantitative estimate of drug-likeness (QED) is 0.0373. The molecule has 0 amide bonds. The molecule has 2 aromatic rings. The van der Waals surface area contributed by atoms with Gasteiger partial charge in [0.2, 0.25) is 0 Å². The molecule has 58 heavy (non-hydrogen) atoms. The minimum absolute atomic E-state index is 0.899. The summed E-state index contributed by atoms with van der Waals surface area (Å²) in [5.41, 5.74) is 9.83. The Hall–Kier alpha value is -2.66. The lowest BCUT2D eigenvalue weighted by atomic mass is 10.00. The molecule has 0 aliphatic carbocycles. The van der Waals surface area contributed by atoms with Gasteiger partial charge in [0, 0.05) is 6.42 Å². The molecule has 0 N–H and O–H groups in total. The van der Waals surface area contributed by atoms with Gasteiger partial charge in [0.05, 0.1) is 17.1 Å². The zero-order chi connectivity index (χ0) is 41.7. The average molecular weight is 793 g/mol. The molecule has 0 fully saturated rings. The second-order valence-corrected chi connectivity index (χ2v) is 17.6. The van der Waals surface area contributed by atoms with Crippen molar-refractivity contribution in [2.45, 2.75) is 260 Å². The summed E-state index contributed by atoms with van der Waals surface area (Å²) in [7, 11) is 0. The first-order chi connectivity index (χ1) is 28.6. The Morgan fingerprint density at radius 2 is 0.690 bits per heavy atom. The van der Waals surface area contributed by atoms with E-state index in [-0.39, 0.29) is 0 Å². The number of unbranched alkanes of at least 4 members (excludes halogenated alkanes) is 23. The molecule has 0 radical (unpaired) electrons. The summed E-state index contributed by atoms with van der Waals surface area (Å²) in [6, 6.07) is 14.3. The van der Waals surface area contributed by atoms with Gasteiger partial charge in [0.1, 0.15) is 5.71 Å². The second kappa shape index (κ2) is 36.2. The van der Waals surface area contributed by atoms with Gasteiger partial charge in [-0.1, -0.05) is 201 Å². The Balaban J connectivity index is 2.27. The summed E-state index contributed by atoms with van der Waals surface area (Å²) >= 11 is 0. The summed E-state index contributed by atoms with van der Waals surface area (Å²) in [4.78, 5) is 11.0. The van der Waals surface area contributed by atoms with Crippen molar-refractivity contribution in [3.8, 4) is 11.8 Å². The third-order valence-electron chi connectivity index (χ3n) is 11.8. The maximum Gasteiger partial charge on any atom is 0.135 e. The first-order valence-electron chi connectivity index (χ1n) is 25.5. The molecule has 0 saturated heterocycles. The largest absolute Gasteiger partial charge is 0.250 e. The van der Waals surface area contributed by atoms with E-state index >= 15 is 0 Å². The normalized spacial score (nSPS) is 12.0. The van der Waals surface area contributed by atoms with Crippen LogP contribution >= 0.6 is 0 Å². The molecule has 326 valence electrons. The van der Waals surface area contributed by atoms with E-state index in [4.69, 9.17) is 9.98 Å².